The van der Waals surface area contributed by atoms with E-state index in [1.807, 2.05) is 24.0 Å². The minimum absolute atomic E-state index is 0. The summed E-state index contributed by atoms with van der Waals surface area (Å²) in [4.78, 5) is 23.3. The van der Waals surface area contributed by atoms with Crippen LogP contribution in [-0.2, 0) is 0 Å². The van der Waals surface area contributed by atoms with Gasteiger partial charge in [-0.05, 0) is 37.3 Å². The van der Waals surface area contributed by atoms with E-state index in [0.717, 1.165) is 24.3 Å². The van der Waals surface area contributed by atoms with Crippen LogP contribution in [-0.4, -0.2) is 47.0 Å². The van der Waals surface area contributed by atoms with Crippen molar-refractivity contribution in [3.05, 3.63) is 46.7 Å². The molecule has 0 spiro atoms. The first-order chi connectivity index (χ1) is 10.6. The highest BCUT2D eigenvalue weighted by molar-refractivity contribution is 6.30. The number of piperazine rings is 1. The number of halogens is 2. The molecule has 122 valence electrons. The van der Waals surface area contributed by atoms with Crippen LogP contribution in [0.25, 0.3) is 11.4 Å². The Bertz CT molecular complexity index is 685. The summed E-state index contributed by atoms with van der Waals surface area (Å²) < 4.78 is 0. The van der Waals surface area contributed by atoms with Gasteiger partial charge in [0.1, 0.15) is 5.69 Å². The third-order valence-corrected chi connectivity index (χ3v) is 3.83. The fraction of sp³-hybridized carbons (Fsp3) is 0.312. The van der Waals surface area contributed by atoms with Crippen molar-refractivity contribution >= 4 is 29.9 Å². The maximum absolute atomic E-state index is 12.6. The van der Waals surface area contributed by atoms with Crippen LogP contribution in [0.1, 0.15) is 16.2 Å². The molecule has 5 nitrogen and oxygen atoms in total. The van der Waals surface area contributed by atoms with Crippen LogP contribution in [0.15, 0.2) is 30.3 Å². The summed E-state index contributed by atoms with van der Waals surface area (Å²) in [7, 11) is 0. The standard InChI is InChI=1S/C16H17ClN4O.ClH/c1-11-10-14(16(22)21-8-6-18-7-9-21)20-15(19-11)12-2-4-13(17)5-3-12;/h2-5,10,18H,6-9H2,1H3;1H. The highest BCUT2D eigenvalue weighted by Crippen LogP contribution is 2.19. The van der Waals surface area contributed by atoms with Crippen molar-refractivity contribution in [1.82, 2.24) is 20.2 Å². The van der Waals surface area contributed by atoms with Crippen molar-refractivity contribution in [2.24, 2.45) is 0 Å². The lowest BCUT2D eigenvalue weighted by atomic mass is 10.2. The summed E-state index contributed by atoms with van der Waals surface area (Å²) in [5, 5.41) is 3.90. The Morgan fingerprint density at radius 1 is 1.17 bits per heavy atom. The van der Waals surface area contributed by atoms with Crippen LogP contribution in [0.5, 0.6) is 0 Å². The predicted molar refractivity (Wildman–Crippen MR) is 93.2 cm³/mol. The number of hydrogen-bond acceptors (Lipinski definition) is 4. The molecule has 1 aromatic heterocycles. The first-order valence-electron chi connectivity index (χ1n) is 7.25. The lowest BCUT2D eigenvalue weighted by Crippen LogP contribution is -2.46. The largest absolute Gasteiger partial charge is 0.335 e. The molecule has 1 N–H and O–H groups in total. The zero-order valence-corrected chi connectivity index (χ0v) is 14.3. The van der Waals surface area contributed by atoms with E-state index in [0.29, 0.717) is 29.6 Å². The number of nitrogens with one attached hydrogen (secondary N) is 1. The van der Waals surface area contributed by atoms with Crippen LogP contribution in [0.4, 0.5) is 0 Å². The fourth-order valence-corrected chi connectivity index (χ4v) is 2.56. The topological polar surface area (TPSA) is 58.1 Å². The normalized spacial score (nSPS) is 14.3. The molecule has 2 heterocycles. The third-order valence-electron chi connectivity index (χ3n) is 3.58. The molecule has 0 radical (unpaired) electrons. The molecule has 0 aliphatic carbocycles. The van der Waals surface area contributed by atoms with Crippen molar-refractivity contribution in [3.63, 3.8) is 0 Å². The van der Waals surface area contributed by atoms with E-state index in [2.05, 4.69) is 15.3 Å². The Morgan fingerprint density at radius 3 is 2.48 bits per heavy atom. The molecule has 1 fully saturated rings. The van der Waals surface area contributed by atoms with E-state index in [4.69, 9.17) is 11.6 Å². The lowest BCUT2D eigenvalue weighted by molar-refractivity contribution is 0.0729. The van der Waals surface area contributed by atoms with Gasteiger partial charge < -0.3 is 10.2 Å². The number of aromatic nitrogens is 2. The van der Waals surface area contributed by atoms with E-state index < -0.39 is 0 Å². The average molecular weight is 353 g/mol. The Kier molecular flexibility index (Phi) is 5.93. The summed E-state index contributed by atoms with van der Waals surface area (Å²) in [6.45, 7) is 4.92. The summed E-state index contributed by atoms with van der Waals surface area (Å²) in [5.74, 6) is 0.511. The summed E-state index contributed by atoms with van der Waals surface area (Å²) in [5.41, 5.74) is 2.07. The van der Waals surface area contributed by atoms with Gasteiger partial charge in [-0.1, -0.05) is 11.6 Å². The van der Waals surface area contributed by atoms with Gasteiger partial charge in [0.05, 0.1) is 0 Å². The average Bonchev–Trinajstić information content (AvgIpc) is 2.55. The molecule has 1 saturated heterocycles. The monoisotopic (exact) mass is 352 g/mol. The van der Waals surface area contributed by atoms with Crippen LogP contribution >= 0.6 is 24.0 Å². The molecule has 1 aliphatic heterocycles. The lowest BCUT2D eigenvalue weighted by Gasteiger charge is -2.27. The minimum Gasteiger partial charge on any atom is -0.335 e. The maximum Gasteiger partial charge on any atom is 0.272 e. The quantitative estimate of drug-likeness (QED) is 0.902. The molecular formula is C16H18Cl2N4O. The van der Waals surface area contributed by atoms with Gasteiger partial charge in [0.15, 0.2) is 5.82 Å². The SMILES string of the molecule is Cc1cc(C(=O)N2CCNCC2)nc(-c2ccc(Cl)cc2)n1.Cl. The molecule has 3 rings (SSSR count). The molecule has 0 saturated carbocycles. The number of aryl methyl sites for hydroxylation is 1. The Balaban J connectivity index is 0.00000192. The second kappa shape index (κ2) is 7.73. The molecule has 0 atom stereocenters. The number of carbonyl (C=O) groups is 1. The highest BCUT2D eigenvalue weighted by atomic mass is 35.5. The smallest absolute Gasteiger partial charge is 0.272 e. The number of nitrogens with zero attached hydrogens (tertiary/aromatic N) is 3. The Morgan fingerprint density at radius 2 is 1.83 bits per heavy atom. The van der Waals surface area contributed by atoms with E-state index in [9.17, 15) is 4.79 Å². The molecule has 2 aromatic rings. The van der Waals surface area contributed by atoms with Crippen molar-refractivity contribution < 1.29 is 4.79 Å². The molecular weight excluding hydrogens is 335 g/mol. The molecule has 1 aliphatic rings. The van der Waals surface area contributed by atoms with Gasteiger partial charge in [0.2, 0.25) is 0 Å². The zero-order valence-electron chi connectivity index (χ0n) is 12.8. The Labute approximate surface area is 146 Å². The van der Waals surface area contributed by atoms with Crippen molar-refractivity contribution in [3.8, 4) is 11.4 Å². The number of rotatable bonds is 2. The first-order valence-corrected chi connectivity index (χ1v) is 7.63. The molecule has 1 amide bonds. The predicted octanol–water partition coefficient (Wildman–Crippen LogP) is 2.57. The van der Waals surface area contributed by atoms with Crippen LogP contribution in [0.2, 0.25) is 5.02 Å². The second-order valence-electron chi connectivity index (χ2n) is 5.27. The number of benzene rings is 1. The minimum atomic E-state index is -0.0396. The summed E-state index contributed by atoms with van der Waals surface area (Å²) in [6.07, 6.45) is 0. The molecule has 1 aromatic carbocycles. The number of hydrogen-bond donors (Lipinski definition) is 1. The summed E-state index contributed by atoms with van der Waals surface area (Å²) >= 11 is 5.91. The fourth-order valence-electron chi connectivity index (χ4n) is 2.44. The molecule has 23 heavy (non-hydrogen) atoms. The van der Waals surface area contributed by atoms with Gasteiger partial charge in [0.25, 0.3) is 5.91 Å². The van der Waals surface area contributed by atoms with Crippen molar-refractivity contribution in [2.45, 2.75) is 6.92 Å². The Hall–Kier alpha value is -1.69. The van der Waals surface area contributed by atoms with E-state index in [1.165, 1.54) is 0 Å². The van der Waals surface area contributed by atoms with Crippen LogP contribution in [0, 0.1) is 6.92 Å². The number of amides is 1. The van der Waals surface area contributed by atoms with Gasteiger partial charge in [-0.2, -0.15) is 0 Å². The van der Waals surface area contributed by atoms with E-state index in [-0.39, 0.29) is 18.3 Å². The summed E-state index contributed by atoms with van der Waals surface area (Å²) in [6, 6.07) is 9.04. The zero-order chi connectivity index (χ0) is 15.5. The molecule has 7 heteroatoms. The number of carbonyl (C=O) groups excluding carboxylic acids is 1. The van der Waals surface area contributed by atoms with Crippen LogP contribution < -0.4 is 5.32 Å². The van der Waals surface area contributed by atoms with Gasteiger partial charge in [-0.3, -0.25) is 4.79 Å². The van der Waals surface area contributed by atoms with Crippen LogP contribution in [0.3, 0.4) is 0 Å². The van der Waals surface area contributed by atoms with Gasteiger partial charge in [-0.25, -0.2) is 9.97 Å². The van der Waals surface area contributed by atoms with Crippen molar-refractivity contribution in [1.29, 1.82) is 0 Å². The van der Waals surface area contributed by atoms with Gasteiger partial charge in [0, 0.05) is 42.5 Å². The highest BCUT2D eigenvalue weighted by Gasteiger charge is 2.20. The van der Waals surface area contributed by atoms with Gasteiger partial charge in [-0.15, -0.1) is 12.4 Å². The van der Waals surface area contributed by atoms with E-state index in [1.54, 1.807) is 18.2 Å². The van der Waals surface area contributed by atoms with Crippen molar-refractivity contribution in [2.75, 3.05) is 26.2 Å². The molecule has 0 bridgehead atoms. The van der Waals surface area contributed by atoms with E-state index >= 15 is 0 Å². The van der Waals surface area contributed by atoms with Gasteiger partial charge >= 0.3 is 0 Å². The third kappa shape index (κ3) is 4.19. The maximum atomic E-state index is 12.6. The molecule has 0 unspecified atom stereocenters. The first kappa shape index (κ1) is 17.7. The second-order valence-corrected chi connectivity index (χ2v) is 5.70.